The van der Waals surface area contributed by atoms with E-state index in [1.165, 1.54) is 6.08 Å². The van der Waals surface area contributed by atoms with Gasteiger partial charge in [0.1, 0.15) is 23.0 Å². The van der Waals surface area contributed by atoms with Gasteiger partial charge in [-0.05, 0) is 48.1 Å². The highest BCUT2D eigenvalue weighted by molar-refractivity contribution is 6.34. The molecule has 4 heterocycles. The van der Waals surface area contributed by atoms with Crippen molar-refractivity contribution in [2.45, 2.75) is 32.7 Å². The molecule has 0 aliphatic carbocycles. The smallest absolute Gasteiger partial charge is 0.355 e. The first-order valence-corrected chi connectivity index (χ1v) is 14.6. The molecular formula is C33H32ClN7O2. The Morgan fingerprint density at radius 2 is 1.77 bits per heavy atom. The van der Waals surface area contributed by atoms with Crippen LogP contribution in [0.15, 0.2) is 78.1 Å². The van der Waals surface area contributed by atoms with E-state index in [2.05, 4.69) is 30.4 Å². The molecule has 3 aromatic heterocycles. The van der Waals surface area contributed by atoms with Crippen molar-refractivity contribution in [1.29, 1.82) is 0 Å². The molecule has 9 nitrogen and oxygen atoms in total. The van der Waals surface area contributed by atoms with Gasteiger partial charge in [-0.1, -0.05) is 74.5 Å². The first kappa shape index (κ1) is 28.4. The second-order valence-electron chi connectivity index (χ2n) is 11.1. The Bertz CT molecular complexity index is 1970. The van der Waals surface area contributed by atoms with E-state index in [-0.39, 0.29) is 17.9 Å². The molecule has 5 aromatic rings. The molecule has 2 N–H and O–H groups in total. The summed E-state index contributed by atoms with van der Waals surface area (Å²) in [5, 5.41) is 2.72. The summed E-state index contributed by atoms with van der Waals surface area (Å²) in [6, 6.07) is 19.0. The number of carbonyl (C=O) groups excluding carboxylic acids is 1. The third-order valence-corrected chi connectivity index (χ3v) is 8.26. The molecule has 1 saturated heterocycles. The highest BCUT2D eigenvalue weighted by Gasteiger charge is 2.30. The number of aromatic nitrogens is 4. The standard InChI is InChI=1S/C33H32ClN7O2/c1-5-28(42)39-14-15-40(20(4)18-39)31-24-17-25(34)30(29-23-12-7-6-10-21(23)16-27(35)36-29)37-32(24)41(33(43)38-31)26-13-9-8-11-22(26)19(2)3/h5-13,16-17,19-20H,1,14-15,18H2,2-4H3,(H2,35,36)/t20-/m0/s1. The van der Waals surface area contributed by atoms with E-state index < -0.39 is 5.69 Å². The summed E-state index contributed by atoms with van der Waals surface area (Å²) in [5.74, 6) is 0.828. The zero-order valence-corrected chi connectivity index (χ0v) is 25.0. The number of hydrogen-bond donors (Lipinski definition) is 1. The number of nitrogens with two attached hydrogens (primary N) is 1. The maximum Gasteiger partial charge on any atom is 0.355 e. The van der Waals surface area contributed by atoms with Crippen LogP contribution in [0.4, 0.5) is 11.6 Å². The first-order valence-electron chi connectivity index (χ1n) is 14.2. The summed E-state index contributed by atoms with van der Waals surface area (Å²) >= 11 is 7.00. The summed E-state index contributed by atoms with van der Waals surface area (Å²) in [5.41, 5.74) is 8.79. The van der Waals surface area contributed by atoms with Crippen molar-refractivity contribution in [3.63, 3.8) is 0 Å². The summed E-state index contributed by atoms with van der Waals surface area (Å²) < 4.78 is 1.56. The molecule has 0 unspecified atom stereocenters. The van der Waals surface area contributed by atoms with Crippen LogP contribution < -0.4 is 16.3 Å². The lowest BCUT2D eigenvalue weighted by molar-refractivity contribution is -0.126. The monoisotopic (exact) mass is 593 g/mol. The van der Waals surface area contributed by atoms with Crippen LogP contribution in [0.1, 0.15) is 32.3 Å². The van der Waals surface area contributed by atoms with Gasteiger partial charge in [0.25, 0.3) is 0 Å². The summed E-state index contributed by atoms with van der Waals surface area (Å²) in [4.78, 5) is 44.5. The van der Waals surface area contributed by atoms with Crippen molar-refractivity contribution < 1.29 is 4.79 Å². The number of halogens is 1. The largest absolute Gasteiger partial charge is 0.384 e. The number of nitrogens with zero attached hydrogens (tertiary/aromatic N) is 6. The number of rotatable bonds is 5. The van der Waals surface area contributed by atoms with E-state index in [9.17, 15) is 9.59 Å². The van der Waals surface area contributed by atoms with Gasteiger partial charge in [0.2, 0.25) is 5.91 Å². The van der Waals surface area contributed by atoms with Crippen LogP contribution in [0.25, 0.3) is 38.9 Å². The molecule has 1 aliphatic heterocycles. The minimum Gasteiger partial charge on any atom is -0.384 e. The topological polar surface area (TPSA) is 110 Å². The van der Waals surface area contributed by atoms with Crippen LogP contribution in [-0.2, 0) is 4.79 Å². The molecule has 1 amide bonds. The highest BCUT2D eigenvalue weighted by Crippen LogP contribution is 2.37. The quantitative estimate of drug-likeness (QED) is 0.265. The van der Waals surface area contributed by atoms with Gasteiger partial charge < -0.3 is 15.5 Å². The van der Waals surface area contributed by atoms with Gasteiger partial charge in [0.05, 0.1) is 16.1 Å². The van der Waals surface area contributed by atoms with Crippen molar-refractivity contribution in [1.82, 2.24) is 24.4 Å². The maximum atomic E-state index is 14.0. The van der Waals surface area contributed by atoms with E-state index in [0.717, 1.165) is 16.3 Å². The molecule has 0 spiro atoms. The zero-order valence-electron chi connectivity index (χ0n) is 24.3. The van der Waals surface area contributed by atoms with Gasteiger partial charge in [-0.15, -0.1) is 0 Å². The third kappa shape index (κ3) is 4.99. The van der Waals surface area contributed by atoms with Crippen LogP contribution in [-0.4, -0.2) is 56.0 Å². The van der Waals surface area contributed by atoms with Crippen LogP contribution in [0, 0.1) is 0 Å². The minimum absolute atomic E-state index is 0.121. The predicted octanol–water partition coefficient (Wildman–Crippen LogP) is 5.58. The van der Waals surface area contributed by atoms with Crippen LogP contribution >= 0.6 is 11.6 Å². The van der Waals surface area contributed by atoms with Crippen LogP contribution in [0.5, 0.6) is 0 Å². The van der Waals surface area contributed by atoms with Gasteiger partial charge in [-0.2, -0.15) is 4.98 Å². The van der Waals surface area contributed by atoms with Crippen molar-refractivity contribution in [2.75, 3.05) is 30.3 Å². The Hall–Kier alpha value is -4.76. The Balaban J connectivity index is 1.64. The Morgan fingerprint density at radius 1 is 1.02 bits per heavy atom. The van der Waals surface area contributed by atoms with Gasteiger partial charge in [0.15, 0.2) is 5.65 Å². The number of piperazine rings is 1. The van der Waals surface area contributed by atoms with Gasteiger partial charge >= 0.3 is 5.69 Å². The van der Waals surface area contributed by atoms with E-state index in [1.807, 2.05) is 72.5 Å². The number of para-hydroxylation sites is 1. The molecule has 6 rings (SSSR count). The summed E-state index contributed by atoms with van der Waals surface area (Å²) in [6.45, 7) is 11.2. The summed E-state index contributed by atoms with van der Waals surface area (Å²) in [6.07, 6.45) is 1.32. The average molecular weight is 594 g/mol. The van der Waals surface area contributed by atoms with Crippen LogP contribution in [0.2, 0.25) is 5.02 Å². The van der Waals surface area contributed by atoms with Gasteiger partial charge in [0, 0.05) is 31.1 Å². The Kier molecular flexibility index (Phi) is 7.35. The number of fused-ring (bicyclic) bond motifs is 2. The lowest BCUT2D eigenvalue weighted by atomic mass is 10.0. The number of carbonyl (C=O) groups is 1. The molecule has 10 heteroatoms. The Morgan fingerprint density at radius 3 is 2.51 bits per heavy atom. The fourth-order valence-corrected chi connectivity index (χ4v) is 6.13. The van der Waals surface area contributed by atoms with E-state index in [4.69, 9.17) is 22.3 Å². The van der Waals surface area contributed by atoms with Crippen molar-refractivity contribution >= 4 is 50.9 Å². The predicted molar refractivity (Wildman–Crippen MR) is 173 cm³/mol. The zero-order chi connectivity index (χ0) is 30.4. The lowest BCUT2D eigenvalue weighted by Crippen LogP contribution is -2.54. The second-order valence-corrected chi connectivity index (χ2v) is 11.5. The molecule has 0 radical (unpaired) electrons. The fraction of sp³-hybridized carbons (Fsp3) is 0.242. The number of amides is 1. The van der Waals surface area contributed by atoms with Gasteiger partial charge in [-0.3, -0.25) is 4.79 Å². The van der Waals surface area contributed by atoms with E-state index >= 15 is 0 Å². The number of anilines is 2. The second kappa shape index (κ2) is 11.1. The minimum atomic E-state index is -0.460. The summed E-state index contributed by atoms with van der Waals surface area (Å²) in [7, 11) is 0. The molecular weight excluding hydrogens is 562 g/mol. The molecule has 2 aromatic carbocycles. The normalized spacial score (nSPS) is 15.4. The number of hydrogen-bond acceptors (Lipinski definition) is 7. The van der Waals surface area contributed by atoms with E-state index in [1.54, 1.807) is 9.47 Å². The van der Waals surface area contributed by atoms with Crippen molar-refractivity contribution in [3.05, 3.63) is 94.4 Å². The number of benzene rings is 2. The molecule has 218 valence electrons. The highest BCUT2D eigenvalue weighted by atomic mass is 35.5. The molecule has 0 saturated carbocycles. The van der Waals surface area contributed by atoms with Crippen molar-refractivity contribution in [3.8, 4) is 17.1 Å². The van der Waals surface area contributed by atoms with Gasteiger partial charge in [-0.25, -0.2) is 19.3 Å². The fourth-order valence-electron chi connectivity index (χ4n) is 5.89. The third-order valence-electron chi connectivity index (χ3n) is 7.97. The average Bonchev–Trinajstić information content (AvgIpc) is 3.00. The molecule has 1 aliphatic rings. The number of nitrogen functional groups attached to an aromatic ring is 1. The lowest BCUT2D eigenvalue weighted by Gasteiger charge is -2.40. The molecule has 1 atom stereocenters. The van der Waals surface area contributed by atoms with E-state index in [0.29, 0.717) is 64.4 Å². The van der Waals surface area contributed by atoms with Crippen LogP contribution in [0.3, 0.4) is 0 Å². The SMILES string of the molecule is C=CC(=O)N1CCN(c2nc(=O)n(-c3ccccc3C(C)C)c3nc(-c4nc(N)cc5ccccc45)c(Cl)cc23)[C@@H](C)C1. The number of pyridine rings is 2. The first-order chi connectivity index (χ1) is 20.7. The molecule has 1 fully saturated rings. The maximum absolute atomic E-state index is 14.0. The molecule has 43 heavy (non-hydrogen) atoms. The molecule has 0 bridgehead atoms. The Labute approximate surface area is 254 Å². The van der Waals surface area contributed by atoms with Crippen molar-refractivity contribution in [2.24, 2.45) is 0 Å².